The minimum absolute atomic E-state index is 0.387. The van der Waals surface area contributed by atoms with E-state index in [0.29, 0.717) is 4.90 Å². The Labute approximate surface area is 235 Å². The largest absolute Gasteiger partial charge is 0.481 e. The van der Waals surface area contributed by atoms with Gasteiger partial charge in [-0.25, -0.2) is 17.2 Å². The molecule has 2 saturated carbocycles. The van der Waals surface area contributed by atoms with Crippen LogP contribution in [-0.4, -0.2) is 72.8 Å². The van der Waals surface area contributed by atoms with Gasteiger partial charge in [-0.1, -0.05) is 11.6 Å². The second kappa shape index (κ2) is 9.69. The fourth-order valence-electron chi connectivity index (χ4n) is 5.86. The molecule has 3 N–H and O–H groups in total. The third kappa shape index (κ3) is 4.96. The number of aliphatic carboxylic acids is 1. The van der Waals surface area contributed by atoms with Crippen molar-refractivity contribution in [2.45, 2.75) is 54.5 Å². The molecule has 0 spiro atoms. The van der Waals surface area contributed by atoms with Crippen molar-refractivity contribution in [3.63, 3.8) is 0 Å². The molecule has 1 aromatic rings. The second-order valence-electron chi connectivity index (χ2n) is 10.7. The Bertz CT molecular complexity index is 1460. The molecule has 0 radical (unpaired) electrons. The van der Waals surface area contributed by atoms with Gasteiger partial charge in [-0.2, -0.15) is 18.4 Å². The molecule has 224 valence electrons. The summed E-state index contributed by atoms with van der Waals surface area (Å²) in [6.07, 6.45) is -8.83. The van der Waals surface area contributed by atoms with Crippen LogP contribution in [-0.2, 0) is 24.2 Å². The Morgan fingerprint density at radius 2 is 1.85 bits per heavy atom. The van der Waals surface area contributed by atoms with Crippen LogP contribution in [0, 0.1) is 34.0 Å². The first-order chi connectivity index (χ1) is 18.7. The van der Waals surface area contributed by atoms with Gasteiger partial charge in [-0.15, -0.1) is 0 Å². The highest BCUT2D eigenvalue weighted by molar-refractivity contribution is 7.92. The molecule has 6 atom stereocenters. The summed E-state index contributed by atoms with van der Waals surface area (Å²) < 4.78 is 97.8. The zero-order chi connectivity index (χ0) is 30.9. The number of carboxylic acid groups (broad SMARTS) is 1. The molecule has 2 aliphatic carbocycles. The number of carboxylic acids is 1. The van der Waals surface area contributed by atoms with Crippen molar-refractivity contribution in [2.24, 2.45) is 28.4 Å². The summed E-state index contributed by atoms with van der Waals surface area (Å²) in [6, 6.07) is 4.28. The molecule has 1 aromatic carbocycles. The Hall–Kier alpha value is -3.19. The van der Waals surface area contributed by atoms with E-state index < -0.39 is 115 Å². The van der Waals surface area contributed by atoms with Crippen molar-refractivity contribution in [3.8, 4) is 11.8 Å². The monoisotopic (exact) mass is 627 g/mol. The highest BCUT2D eigenvalue weighted by Crippen LogP contribution is 2.68. The van der Waals surface area contributed by atoms with E-state index in [1.165, 1.54) is 0 Å². The van der Waals surface area contributed by atoms with Gasteiger partial charge in [-0.3, -0.25) is 14.4 Å². The Morgan fingerprint density at radius 1 is 1.24 bits per heavy atom. The molecular formula is C24H23ClF5N3O7S. The predicted octanol–water partition coefficient (Wildman–Crippen LogP) is 2.79. The summed E-state index contributed by atoms with van der Waals surface area (Å²) >= 11 is 6.10. The van der Waals surface area contributed by atoms with Crippen LogP contribution in [0.25, 0.3) is 0 Å². The average Bonchev–Trinajstić information content (AvgIpc) is 3.45. The predicted molar refractivity (Wildman–Crippen MR) is 128 cm³/mol. The maximum Gasteiger partial charge on any atom is 0.425 e. The van der Waals surface area contributed by atoms with Crippen LogP contribution in [0.3, 0.4) is 0 Å². The van der Waals surface area contributed by atoms with Crippen molar-refractivity contribution in [1.82, 2.24) is 4.90 Å². The number of nitrogens with zero attached hydrogens (tertiary/aromatic N) is 2. The van der Waals surface area contributed by atoms with Gasteiger partial charge in [0, 0.05) is 12.0 Å². The van der Waals surface area contributed by atoms with E-state index in [0.717, 1.165) is 25.1 Å². The minimum Gasteiger partial charge on any atom is -0.481 e. The van der Waals surface area contributed by atoms with E-state index in [1.807, 2.05) is 0 Å². The fourth-order valence-corrected chi connectivity index (χ4v) is 8.25. The molecule has 3 fully saturated rings. The SMILES string of the molecule is C[C@H](Oc1ccc(S(=O)(=O)[C@@H]2C[C@@H](C(=O)N3CC(F)(F)C3)[C@](C(=O)O)(C3CC3(C#N)C(N)=O)C2)c(Cl)c1)C(F)(F)F. The summed E-state index contributed by atoms with van der Waals surface area (Å²) in [5.41, 5.74) is 1.01. The number of primary amides is 1. The van der Waals surface area contributed by atoms with Gasteiger partial charge in [0.05, 0.1) is 45.7 Å². The molecule has 0 bridgehead atoms. The van der Waals surface area contributed by atoms with Gasteiger partial charge in [0.1, 0.15) is 11.2 Å². The molecule has 10 nitrogen and oxygen atoms in total. The molecular weight excluding hydrogens is 605 g/mol. The minimum atomic E-state index is -4.73. The summed E-state index contributed by atoms with van der Waals surface area (Å²) in [6.45, 7) is -1.33. The fraction of sp³-hybridized carbons (Fsp3) is 0.583. The summed E-state index contributed by atoms with van der Waals surface area (Å²) in [5.74, 6) is -10.7. The zero-order valence-electron chi connectivity index (χ0n) is 21.1. The van der Waals surface area contributed by atoms with Crippen LogP contribution >= 0.6 is 11.6 Å². The third-order valence-corrected chi connectivity index (χ3v) is 10.8. The number of ether oxygens (including phenoxy) is 1. The van der Waals surface area contributed by atoms with Crippen LogP contribution in [0.15, 0.2) is 23.1 Å². The van der Waals surface area contributed by atoms with Gasteiger partial charge >= 0.3 is 12.1 Å². The van der Waals surface area contributed by atoms with Gasteiger partial charge in [0.25, 0.3) is 5.92 Å². The first kappa shape index (κ1) is 30.8. The van der Waals surface area contributed by atoms with Gasteiger partial charge in [0.2, 0.25) is 11.8 Å². The second-order valence-corrected chi connectivity index (χ2v) is 13.3. The highest BCUT2D eigenvalue weighted by Gasteiger charge is 2.76. The molecule has 41 heavy (non-hydrogen) atoms. The molecule has 1 heterocycles. The topological polar surface area (TPSA) is 168 Å². The summed E-state index contributed by atoms with van der Waals surface area (Å²) in [5, 5.41) is 17.8. The van der Waals surface area contributed by atoms with Gasteiger partial charge < -0.3 is 20.5 Å². The maximum atomic E-state index is 13.7. The molecule has 2 unspecified atom stereocenters. The van der Waals surface area contributed by atoms with Crippen molar-refractivity contribution in [2.75, 3.05) is 13.1 Å². The van der Waals surface area contributed by atoms with Crippen molar-refractivity contribution < 1.29 is 54.6 Å². The van der Waals surface area contributed by atoms with Crippen LogP contribution in [0.2, 0.25) is 5.02 Å². The van der Waals surface area contributed by atoms with Crippen molar-refractivity contribution in [3.05, 3.63) is 23.2 Å². The number of benzene rings is 1. The molecule has 1 saturated heterocycles. The van der Waals surface area contributed by atoms with E-state index in [-0.39, 0.29) is 6.42 Å². The number of carbonyl (C=O) groups excluding carboxylic acids is 2. The number of hydrogen-bond donors (Lipinski definition) is 2. The zero-order valence-corrected chi connectivity index (χ0v) is 22.7. The Kier molecular flexibility index (Phi) is 7.27. The quantitative estimate of drug-likeness (QED) is 0.415. The molecule has 1 aliphatic heterocycles. The number of rotatable bonds is 8. The molecule has 2 amide bonds. The lowest BCUT2D eigenvalue weighted by atomic mass is 9.70. The number of amides is 2. The van der Waals surface area contributed by atoms with Crippen LogP contribution < -0.4 is 10.5 Å². The Balaban J connectivity index is 1.72. The first-order valence-electron chi connectivity index (χ1n) is 12.1. The number of nitrogens with two attached hydrogens (primary N) is 1. The normalized spacial score (nSPS) is 31.5. The number of carbonyl (C=O) groups is 3. The molecule has 3 aliphatic rings. The standard InChI is InChI=1S/C24H23ClF5N3O7S/c1-11(24(28,29)30)40-12-2-3-16(15(25)4-12)41(38,39)13-5-14(18(34)33-9-22(26,27)10-33)23(6-13,20(36)37)17-7-21(17,8-31)19(32)35/h2-4,11,13-14,17H,5-7,9-10H2,1H3,(H2,32,35)(H,36,37)/t11-,13+,14-,17?,21?,23-/m0/s1. The lowest BCUT2D eigenvalue weighted by molar-refractivity contribution is -0.189. The first-order valence-corrected chi connectivity index (χ1v) is 14.0. The van der Waals surface area contributed by atoms with Crippen LogP contribution in [0.5, 0.6) is 5.75 Å². The number of nitriles is 1. The smallest absolute Gasteiger partial charge is 0.425 e. The van der Waals surface area contributed by atoms with E-state index in [1.54, 1.807) is 6.07 Å². The number of sulfone groups is 1. The average molecular weight is 628 g/mol. The third-order valence-electron chi connectivity index (χ3n) is 8.18. The van der Waals surface area contributed by atoms with E-state index in [4.69, 9.17) is 22.1 Å². The van der Waals surface area contributed by atoms with E-state index >= 15 is 0 Å². The molecule has 4 rings (SSSR count). The van der Waals surface area contributed by atoms with Crippen molar-refractivity contribution in [1.29, 1.82) is 5.26 Å². The number of hydrogen-bond acceptors (Lipinski definition) is 7. The maximum absolute atomic E-state index is 13.7. The Morgan fingerprint density at radius 3 is 2.29 bits per heavy atom. The lowest BCUT2D eigenvalue weighted by Gasteiger charge is -2.42. The van der Waals surface area contributed by atoms with E-state index in [2.05, 4.69) is 0 Å². The van der Waals surface area contributed by atoms with Crippen molar-refractivity contribution >= 4 is 39.2 Å². The molecule has 17 heteroatoms. The van der Waals surface area contributed by atoms with E-state index in [9.17, 15) is 55.1 Å². The summed E-state index contributed by atoms with van der Waals surface area (Å²) in [4.78, 5) is 38.3. The molecule has 0 aromatic heterocycles. The van der Waals surface area contributed by atoms with Crippen LogP contribution in [0.4, 0.5) is 22.0 Å². The highest BCUT2D eigenvalue weighted by atomic mass is 35.5. The lowest BCUT2D eigenvalue weighted by Crippen LogP contribution is -2.61. The van der Waals surface area contributed by atoms with Crippen LogP contribution in [0.1, 0.15) is 26.2 Å². The van der Waals surface area contributed by atoms with Gasteiger partial charge in [-0.05, 0) is 38.3 Å². The number of likely N-dealkylation sites (tertiary alicyclic amines) is 1. The van der Waals surface area contributed by atoms with Gasteiger partial charge in [0.15, 0.2) is 15.9 Å². The number of alkyl halides is 5. The number of halogens is 6. The summed E-state index contributed by atoms with van der Waals surface area (Å²) in [7, 11) is -4.61.